The Morgan fingerprint density at radius 2 is 1.80 bits per heavy atom. The van der Waals surface area contributed by atoms with Crippen LogP contribution in [0.3, 0.4) is 0 Å². The summed E-state index contributed by atoms with van der Waals surface area (Å²) in [5, 5.41) is 2.76. The largest absolute Gasteiger partial charge is 0.350 e. The van der Waals surface area contributed by atoms with E-state index in [9.17, 15) is 13.2 Å². The molecule has 0 fully saturated rings. The Morgan fingerprint density at radius 1 is 1.08 bits per heavy atom. The normalized spacial score (nSPS) is 11.4. The molecule has 0 aliphatic carbocycles. The average molecular weight is 361 g/mol. The first-order valence-electron chi connectivity index (χ1n) is 8.11. The number of nitrogens with zero attached hydrogens (tertiary/aromatic N) is 2. The number of carbonyl (C=O) groups excluding carboxylic acids is 1. The van der Waals surface area contributed by atoms with Crippen LogP contribution in [0.2, 0.25) is 0 Å². The van der Waals surface area contributed by atoms with Crippen molar-refractivity contribution >= 4 is 15.9 Å². The number of rotatable bonds is 9. The second kappa shape index (κ2) is 9.29. The summed E-state index contributed by atoms with van der Waals surface area (Å²) in [6, 6.07) is 15.2. The van der Waals surface area contributed by atoms with Gasteiger partial charge in [0.05, 0.1) is 18.5 Å². The van der Waals surface area contributed by atoms with Crippen LogP contribution in [0.25, 0.3) is 0 Å². The summed E-state index contributed by atoms with van der Waals surface area (Å²) in [5.41, 5.74) is 1.83. The fourth-order valence-electron chi connectivity index (χ4n) is 2.35. The number of benzene rings is 1. The van der Waals surface area contributed by atoms with Crippen molar-refractivity contribution < 1.29 is 13.2 Å². The Morgan fingerprint density at radius 3 is 2.44 bits per heavy atom. The quantitative estimate of drug-likeness (QED) is 0.736. The molecule has 0 aliphatic rings. The van der Waals surface area contributed by atoms with Gasteiger partial charge < -0.3 is 5.32 Å². The van der Waals surface area contributed by atoms with Crippen LogP contribution in [0.15, 0.2) is 54.7 Å². The lowest BCUT2D eigenvalue weighted by Crippen LogP contribution is -2.36. The SMILES string of the molecule is CS(=O)(=O)N(CCC(=O)NCc1ccccn1)CCc1ccccc1. The molecular formula is C18H23N3O3S. The number of hydrogen-bond acceptors (Lipinski definition) is 4. The summed E-state index contributed by atoms with van der Waals surface area (Å²) in [7, 11) is -3.36. The maximum atomic E-state index is 12.0. The van der Waals surface area contributed by atoms with Crippen molar-refractivity contribution in [2.75, 3.05) is 19.3 Å². The number of nitrogens with one attached hydrogen (secondary N) is 1. The summed E-state index contributed by atoms with van der Waals surface area (Å²) in [5.74, 6) is -0.195. The van der Waals surface area contributed by atoms with E-state index >= 15 is 0 Å². The molecule has 1 aromatic carbocycles. The number of amides is 1. The number of carbonyl (C=O) groups is 1. The second-order valence-electron chi connectivity index (χ2n) is 5.75. The monoisotopic (exact) mass is 361 g/mol. The molecule has 0 saturated carbocycles. The van der Waals surface area contributed by atoms with Crippen molar-refractivity contribution in [3.8, 4) is 0 Å². The van der Waals surface area contributed by atoms with E-state index in [1.54, 1.807) is 6.20 Å². The number of pyridine rings is 1. The molecule has 0 spiro atoms. The maximum Gasteiger partial charge on any atom is 0.221 e. The van der Waals surface area contributed by atoms with Crippen LogP contribution in [0.4, 0.5) is 0 Å². The van der Waals surface area contributed by atoms with E-state index in [0.29, 0.717) is 19.5 Å². The minimum absolute atomic E-state index is 0.120. The molecule has 0 aliphatic heterocycles. The van der Waals surface area contributed by atoms with E-state index in [1.807, 2.05) is 48.5 Å². The zero-order valence-electron chi connectivity index (χ0n) is 14.3. The molecule has 0 bridgehead atoms. The van der Waals surface area contributed by atoms with Crippen LogP contribution >= 0.6 is 0 Å². The number of hydrogen-bond donors (Lipinski definition) is 1. The van der Waals surface area contributed by atoms with Gasteiger partial charge in [-0.15, -0.1) is 0 Å². The third-order valence-electron chi connectivity index (χ3n) is 3.74. The highest BCUT2D eigenvalue weighted by atomic mass is 32.2. The molecule has 1 N–H and O–H groups in total. The first-order chi connectivity index (χ1) is 11.9. The molecular weight excluding hydrogens is 338 g/mol. The third-order valence-corrected chi connectivity index (χ3v) is 5.05. The molecule has 2 aromatic rings. The molecule has 0 unspecified atom stereocenters. The van der Waals surface area contributed by atoms with Gasteiger partial charge in [-0.25, -0.2) is 12.7 Å². The topological polar surface area (TPSA) is 79.4 Å². The van der Waals surface area contributed by atoms with Crippen molar-refractivity contribution in [1.29, 1.82) is 0 Å². The highest BCUT2D eigenvalue weighted by Crippen LogP contribution is 2.06. The highest BCUT2D eigenvalue weighted by molar-refractivity contribution is 7.88. The molecule has 25 heavy (non-hydrogen) atoms. The van der Waals surface area contributed by atoms with Gasteiger partial charge in [0.1, 0.15) is 0 Å². The van der Waals surface area contributed by atoms with Gasteiger partial charge >= 0.3 is 0 Å². The summed E-state index contributed by atoms with van der Waals surface area (Å²) in [6.07, 6.45) is 3.57. The van der Waals surface area contributed by atoms with E-state index in [-0.39, 0.29) is 18.9 Å². The Bertz CT molecular complexity index is 765. The molecule has 1 aromatic heterocycles. The fourth-order valence-corrected chi connectivity index (χ4v) is 3.19. The Kier molecular flexibility index (Phi) is 7.09. The lowest BCUT2D eigenvalue weighted by molar-refractivity contribution is -0.121. The number of aromatic nitrogens is 1. The van der Waals surface area contributed by atoms with Crippen LogP contribution < -0.4 is 5.32 Å². The standard InChI is InChI=1S/C18H23N3O3S/c1-25(23,24)21(13-10-16-7-3-2-4-8-16)14-11-18(22)20-15-17-9-5-6-12-19-17/h2-9,12H,10-11,13-15H2,1H3,(H,20,22). The van der Waals surface area contributed by atoms with E-state index in [1.165, 1.54) is 10.6 Å². The molecule has 0 saturated heterocycles. The molecule has 1 heterocycles. The van der Waals surface area contributed by atoms with E-state index < -0.39 is 10.0 Å². The molecule has 1 amide bonds. The van der Waals surface area contributed by atoms with Gasteiger partial charge in [0.2, 0.25) is 15.9 Å². The van der Waals surface area contributed by atoms with E-state index in [4.69, 9.17) is 0 Å². The van der Waals surface area contributed by atoms with Crippen LogP contribution in [0.5, 0.6) is 0 Å². The van der Waals surface area contributed by atoms with Gasteiger partial charge in [0, 0.05) is 25.7 Å². The van der Waals surface area contributed by atoms with Crippen molar-refractivity contribution in [3.05, 3.63) is 66.0 Å². The van der Waals surface area contributed by atoms with Gasteiger partial charge in [0.15, 0.2) is 0 Å². The van der Waals surface area contributed by atoms with E-state index in [0.717, 1.165) is 11.3 Å². The molecule has 2 rings (SSSR count). The zero-order valence-corrected chi connectivity index (χ0v) is 15.1. The molecule has 0 atom stereocenters. The third kappa shape index (κ3) is 7.03. The molecule has 7 heteroatoms. The smallest absolute Gasteiger partial charge is 0.221 e. The predicted molar refractivity (Wildman–Crippen MR) is 97.3 cm³/mol. The lowest BCUT2D eigenvalue weighted by Gasteiger charge is -2.19. The number of sulfonamides is 1. The second-order valence-corrected chi connectivity index (χ2v) is 7.73. The first-order valence-corrected chi connectivity index (χ1v) is 9.95. The van der Waals surface area contributed by atoms with Crippen molar-refractivity contribution in [2.24, 2.45) is 0 Å². The highest BCUT2D eigenvalue weighted by Gasteiger charge is 2.17. The minimum atomic E-state index is -3.36. The maximum absolute atomic E-state index is 12.0. The summed E-state index contributed by atoms with van der Waals surface area (Å²) < 4.78 is 25.2. The van der Waals surface area contributed by atoms with Gasteiger partial charge in [-0.1, -0.05) is 36.4 Å². The molecule has 6 nitrogen and oxygen atoms in total. The Balaban J connectivity index is 1.82. The summed E-state index contributed by atoms with van der Waals surface area (Å²) >= 11 is 0. The van der Waals surface area contributed by atoms with Crippen LogP contribution in [0.1, 0.15) is 17.7 Å². The van der Waals surface area contributed by atoms with Crippen LogP contribution in [-0.2, 0) is 27.8 Å². The Hall–Kier alpha value is -2.25. The van der Waals surface area contributed by atoms with Crippen LogP contribution in [-0.4, -0.2) is 43.0 Å². The van der Waals surface area contributed by atoms with Gasteiger partial charge in [-0.3, -0.25) is 9.78 Å². The summed E-state index contributed by atoms with van der Waals surface area (Å²) in [4.78, 5) is 16.1. The lowest BCUT2D eigenvalue weighted by atomic mass is 10.1. The fraction of sp³-hybridized carbons (Fsp3) is 0.333. The predicted octanol–water partition coefficient (Wildman–Crippen LogP) is 1.59. The van der Waals surface area contributed by atoms with Crippen molar-refractivity contribution in [1.82, 2.24) is 14.6 Å². The van der Waals surface area contributed by atoms with Crippen LogP contribution in [0, 0.1) is 0 Å². The van der Waals surface area contributed by atoms with Gasteiger partial charge in [-0.2, -0.15) is 0 Å². The minimum Gasteiger partial charge on any atom is -0.350 e. The average Bonchev–Trinajstić information content (AvgIpc) is 2.60. The van der Waals surface area contributed by atoms with Crippen molar-refractivity contribution in [2.45, 2.75) is 19.4 Å². The van der Waals surface area contributed by atoms with Crippen molar-refractivity contribution in [3.63, 3.8) is 0 Å². The van der Waals surface area contributed by atoms with Gasteiger partial charge in [0.25, 0.3) is 0 Å². The summed E-state index contributed by atoms with van der Waals surface area (Å²) in [6.45, 7) is 0.860. The van der Waals surface area contributed by atoms with E-state index in [2.05, 4.69) is 10.3 Å². The Labute approximate surface area is 148 Å². The first kappa shape index (κ1) is 19.1. The zero-order chi connectivity index (χ0) is 18.1. The molecule has 0 radical (unpaired) electrons. The van der Waals surface area contributed by atoms with Gasteiger partial charge in [-0.05, 0) is 24.1 Å². The molecule has 134 valence electrons.